The van der Waals surface area contributed by atoms with Crippen LogP contribution in [0.15, 0.2) is 4.99 Å². The number of hydrogen-bond donors (Lipinski definition) is 1. The van der Waals surface area contributed by atoms with Gasteiger partial charge in [0.05, 0.1) is 12.7 Å². The van der Waals surface area contributed by atoms with Gasteiger partial charge in [-0.05, 0) is 44.9 Å². The van der Waals surface area contributed by atoms with Gasteiger partial charge in [-0.1, -0.05) is 12.8 Å². The highest BCUT2D eigenvalue weighted by Gasteiger charge is 2.65. The molecule has 3 unspecified atom stereocenters. The predicted octanol–water partition coefficient (Wildman–Crippen LogP) is 2.66. The van der Waals surface area contributed by atoms with E-state index in [0.29, 0.717) is 23.5 Å². The van der Waals surface area contributed by atoms with Crippen LogP contribution < -0.4 is 5.32 Å². The molecule has 25 heavy (non-hydrogen) atoms. The zero-order valence-electron chi connectivity index (χ0n) is 16.0. The number of fused-ring (bicyclic) bond motifs is 2. The van der Waals surface area contributed by atoms with E-state index < -0.39 is 0 Å². The smallest absolute Gasteiger partial charge is 0.193 e. The van der Waals surface area contributed by atoms with Gasteiger partial charge in [0, 0.05) is 50.7 Å². The van der Waals surface area contributed by atoms with Crippen LogP contribution in [0.3, 0.4) is 0 Å². The van der Waals surface area contributed by atoms with Crippen LogP contribution in [-0.2, 0) is 9.47 Å². The summed E-state index contributed by atoms with van der Waals surface area (Å²) in [6, 6.07) is 0.544. The highest BCUT2D eigenvalue weighted by atomic mass is 16.5. The number of rotatable bonds is 7. The topological polar surface area (TPSA) is 46.1 Å². The second-order valence-electron chi connectivity index (χ2n) is 8.54. The minimum Gasteiger partial charge on any atom is -0.379 e. The first kappa shape index (κ1) is 17.6. The molecular weight excluding hydrogens is 314 g/mol. The van der Waals surface area contributed by atoms with Gasteiger partial charge in [0.1, 0.15) is 0 Å². The van der Waals surface area contributed by atoms with Gasteiger partial charge in [0.15, 0.2) is 5.96 Å². The Hall–Kier alpha value is -0.810. The van der Waals surface area contributed by atoms with E-state index in [0.717, 1.165) is 44.8 Å². The third kappa shape index (κ3) is 3.42. The highest BCUT2D eigenvalue weighted by molar-refractivity contribution is 5.80. The van der Waals surface area contributed by atoms with Crippen molar-refractivity contribution >= 4 is 5.96 Å². The predicted molar refractivity (Wildman–Crippen MR) is 99.8 cm³/mol. The van der Waals surface area contributed by atoms with Crippen molar-refractivity contribution < 1.29 is 9.47 Å². The highest BCUT2D eigenvalue weighted by Crippen LogP contribution is 2.60. The average Bonchev–Trinajstić information content (AvgIpc) is 3.11. The molecule has 1 N–H and O–H groups in total. The van der Waals surface area contributed by atoms with Crippen LogP contribution in [0.2, 0.25) is 0 Å². The standard InChI is InChI=1S/C20H35N3O2/c1-3-21-19(23(2)11-13-24-14-15-6-7-15)22-17-16-8-12-25-18(16)20(17)9-4-5-10-20/h15-18H,3-14H2,1-2H3,(H,21,22). The molecule has 4 rings (SSSR count). The number of hydrogen-bond acceptors (Lipinski definition) is 3. The first-order chi connectivity index (χ1) is 12.2. The molecule has 1 heterocycles. The molecule has 0 bridgehead atoms. The second-order valence-corrected chi connectivity index (χ2v) is 8.54. The SMILES string of the molecule is CCN=C(NC1C2CCOC2C12CCCC2)N(C)CCOCC1CC1. The molecule has 1 saturated heterocycles. The van der Waals surface area contributed by atoms with E-state index in [4.69, 9.17) is 14.5 Å². The van der Waals surface area contributed by atoms with Crippen LogP contribution in [0.4, 0.5) is 0 Å². The summed E-state index contributed by atoms with van der Waals surface area (Å²) >= 11 is 0. The van der Waals surface area contributed by atoms with Gasteiger partial charge in [-0.2, -0.15) is 0 Å². The summed E-state index contributed by atoms with van der Waals surface area (Å²) < 4.78 is 11.9. The summed E-state index contributed by atoms with van der Waals surface area (Å²) in [6.07, 6.45) is 9.77. The maximum atomic E-state index is 6.12. The maximum absolute atomic E-state index is 6.12. The zero-order chi connectivity index (χ0) is 17.3. The molecule has 0 amide bonds. The quantitative estimate of drug-likeness (QED) is 0.436. The molecule has 0 aromatic carbocycles. The molecule has 0 radical (unpaired) electrons. The van der Waals surface area contributed by atoms with Crippen molar-refractivity contribution in [2.75, 3.05) is 40.0 Å². The molecule has 4 aliphatic rings. The number of nitrogens with one attached hydrogen (secondary N) is 1. The van der Waals surface area contributed by atoms with E-state index in [-0.39, 0.29) is 0 Å². The van der Waals surface area contributed by atoms with Crippen molar-refractivity contribution in [3.8, 4) is 0 Å². The Bertz CT molecular complexity index is 485. The third-order valence-electron chi connectivity index (χ3n) is 6.86. The van der Waals surface area contributed by atoms with Gasteiger partial charge in [0.2, 0.25) is 0 Å². The van der Waals surface area contributed by atoms with Crippen LogP contribution in [-0.4, -0.2) is 63.0 Å². The van der Waals surface area contributed by atoms with Gasteiger partial charge in [-0.25, -0.2) is 0 Å². The number of nitrogens with zero attached hydrogens (tertiary/aromatic N) is 2. The van der Waals surface area contributed by atoms with Gasteiger partial charge < -0.3 is 19.7 Å². The first-order valence-electron chi connectivity index (χ1n) is 10.5. The summed E-state index contributed by atoms with van der Waals surface area (Å²) in [5.41, 5.74) is 0.374. The molecule has 3 atom stereocenters. The molecular formula is C20H35N3O2. The minimum atomic E-state index is 0.374. The van der Waals surface area contributed by atoms with E-state index >= 15 is 0 Å². The Morgan fingerprint density at radius 3 is 2.80 bits per heavy atom. The fourth-order valence-electron chi connectivity index (χ4n) is 5.31. The molecule has 0 aromatic heterocycles. The monoisotopic (exact) mass is 349 g/mol. The van der Waals surface area contributed by atoms with Crippen molar-refractivity contribution in [2.24, 2.45) is 22.2 Å². The van der Waals surface area contributed by atoms with Gasteiger partial charge in [-0.3, -0.25) is 4.99 Å². The van der Waals surface area contributed by atoms with E-state index in [9.17, 15) is 0 Å². The lowest BCUT2D eigenvalue weighted by Gasteiger charge is -2.57. The Balaban J connectivity index is 1.34. The summed E-state index contributed by atoms with van der Waals surface area (Å²) in [5, 5.41) is 3.86. The van der Waals surface area contributed by atoms with Crippen LogP contribution in [0, 0.1) is 17.3 Å². The van der Waals surface area contributed by atoms with Crippen molar-refractivity contribution in [2.45, 2.75) is 64.0 Å². The molecule has 5 heteroatoms. The zero-order valence-corrected chi connectivity index (χ0v) is 16.0. The molecule has 1 aliphatic heterocycles. The van der Waals surface area contributed by atoms with Gasteiger partial charge in [-0.15, -0.1) is 0 Å². The molecule has 3 saturated carbocycles. The normalized spacial score (nSPS) is 33.4. The molecule has 1 spiro atoms. The van der Waals surface area contributed by atoms with Gasteiger partial charge >= 0.3 is 0 Å². The van der Waals surface area contributed by atoms with E-state index in [1.165, 1.54) is 44.9 Å². The maximum Gasteiger partial charge on any atom is 0.193 e. The molecule has 3 aliphatic carbocycles. The molecule has 0 aromatic rings. The lowest BCUT2D eigenvalue weighted by atomic mass is 9.54. The molecule has 5 nitrogen and oxygen atoms in total. The summed E-state index contributed by atoms with van der Waals surface area (Å²) in [6.45, 7) is 6.52. The van der Waals surface area contributed by atoms with Crippen molar-refractivity contribution in [1.82, 2.24) is 10.2 Å². The Kier molecular flexibility index (Phi) is 5.23. The largest absolute Gasteiger partial charge is 0.379 e. The lowest BCUT2D eigenvalue weighted by molar-refractivity contribution is -0.125. The Morgan fingerprint density at radius 1 is 1.28 bits per heavy atom. The number of aliphatic imine (C=N–C) groups is 1. The third-order valence-corrected chi connectivity index (χ3v) is 6.86. The van der Waals surface area contributed by atoms with Gasteiger partial charge in [0.25, 0.3) is 0 Å². The van der Waals surface area contributed by atoms with E-state index in [1.54, 1.807) is 0 Å². The van der Waals surface area contributed by atoms with E-state index in [2.05, 4.69) is 24.2 Å². The van der Waals surface area contributed by atoms with Crippen molar-refractivity contribution in [3.63, 3.8) is 0 Å². The summed E-state index contributed by atoms with van der Waals surface area (Å²) in [7, 11) is 2.14. The molecule has 142 valence electrons. The minimum absolute atomic E-state index is 0.374. The van der Waals surface area contributed by atoms with Crippen LogP contribution in [0.1, 0.15) is 51.9 Å². The number of ether oxygens (including phenoxy) is 2. The fourth-order valence-corrected chi connectivity index (χ4v) is 5.31. The number of guanidine groups is 1. The Morgan fingerprint density at radius 2 is 2.08 bits per heavy atom. The average molecular weight is 350 g/mol. The Labute approximate surface area is 152 Å². The van der Waals surface area contributed by atoms with Crippen molar-refractivity contribution in [3.05, 3.63) is 0 Å². The summed E-state index contributed by atoms with van der Waals surface area (Å²) in [4.78, 5) is 7.03. The van der Waals surface area contributed by atoms with Crippen LogP contribution in [0.5, 0.6) is 0 Å². The van der Waals surface area contributed by atoms with Crippen molar-refractivity contribution in [1.29, 1.82) is 0 Å². The second kappa shape index (κ2) is 7.43. The first-order valence-corrected chi connectivity index (χ1v) is 10.5. The lowest BCUT2D eigenvalue weighted by Crippen LogP contribution is -2.69. The van der Waals surface area contributed by atoms with Crippen LogP contribution in [0.25, 0.3) is 0 Å². The van der Waals surface area contributed by atoms with Crippen LogP contribution >= 0.6 is 0 Å². The fraction of sp³-hybridized carbons (Fsp3) is 0.950. The van der Waals surface area contributed by atoms with E-state index in [1.807, 2.05) is 0 Å². The number of likely N-dealkylation sites (N-methyl/N-ethyl adjacent to an activating group) is 1. The molecule has 4 fully saturated rings. The summed E-state index contributed by atoms with van der Waals surface area (Å²) in [5.74, 6) is 2.57.